The molecule has 0 amide bonds. The highest BCUT2D eigenvalue weighted by molar-refractivity contribution is 5.78. The standard InChI is InChI=1S/C3H6N6/c4-3(5)7-2-1-6-9-8-2/h1H,(H5,4,5,6,7,8,9). The van der Waals surface area contributed by atoms with Crippen molar-refractivity contribution in [3.63, 3.8) is 0 Å². The minimum atomic E-state index is -0.0242. The Bertz CT molecular complexity index is 194. The zero-order chi connectivity index (χ0) is 6.69. The van der Waals surface area contributed by atoms with Crippen LogP contribution in [-0.4, -0.2) is 21.4 Å². The van der Waals surface area contributed by atoms with Crippen molar-refractivity contribution in [1.29, 1.82) is 0 Å². The van der Waals surface area contributed by atoms with E-state index in [0.29, 0.717) is 5.82 Å². The lowest BCUT2D eigenvalue weighted by atomic mass is 10.8. The number of guanidine groups is 1. The number of nitrogens with zero attached hydrogens (tertiary/aromatic N) is 3. The van der Waals surface area contributed by atoms with E-state index in [2.05, 4.69) is 20.4 Å². The average Bonchev–Trinajstić information content (AvgIpc) is 2.15. The van der Waals surface area contributed by atoms with Crippen molar-refractivity contribution in [2.75, 3.05) is 0 Å². The number of nitrogens with two attached hydrogens (primary N) is 2. The summed E-state index contributed by atoms with van der Waals surface area (Å²) in [5.41, 5.74) is 10.1. The first-order valence-electron chi connectivity index (χ1n) is 2.24. The van der Waals surface area contributed by atoms with Gasteiger partial charge in [0, 0.05) is 0 Å². The maximum Gasteiger partial charge on any atom is 0.197 e. The maximum atomic E-state index is 5.03. The Morgan fingerprint density at radius 2 is 2.44 bits per heavy atom. The van der Waals surface area contributed by atoms with Gasteiger partial charge >= 0.3 is 0 Å². The molecule has 0 aliphatic heterocycles. The highest BCUT2D eigenvalue weighted by Crippen LogP contribution is 1.98. The summed E-state index contributed by atoms with van der Waals surface area (Å²) >= 11 is 0. The van der Waals surface area contributed by atoms with Crippen LogP contribution in [-0.2, 0) is 0 Å². The van der Waals surface area contributed by atoms with Crippen LogP contribution >= 0.6 is 0 Å². The van der Waals surface area contributed by atoms with E-state index in [1.165, 1.54) is 6.20 Å². The molecule has 6 heteroatoms. The zero-order valence-corrected chi connectivity index (χ0v) is 4.57. The van der Waals surface area contributed by atoms with Gasteiger partial charge in [0.25, 0.3) is 0 Å². The SMILES string of the molecule is NC(N)=Nc1cn[nH]n1. The molecule has 1 aromatic heterocycles. The molecule has 1 heterocycles. The van der Waals surface area contributed by atoms with E-state index >= 15 is 0 Å². The lowest BCUT2D eigenvalue weighted by Gasteiger charge is -1.83. The highest BCUT2D eigenvalue weighted by atomic mass is 15.3. The molecule has 48 valence electrons. The first-order valence-corrected chi connectivity index (χ1v) is 2.24. The minimum absolute atomic E-state index is 0.0242. The molecule has 9 heavy (non-hydrogen) atoms. The Morgan fingerprint density at radius 3 is 2.89 bits per heavy atom. The lowest BCUT2D eigenvalue weighted by Crippen LogP contribution is -2.21. The lowest BCUT2D eigenvalue weighted by molar-refractivity contribution is 0.939. The first kappa shape index (κ1) is 5.54. The van der Waals surface area contributed by atoms with Crippen molar-refractivity contribution in [2.45, 2.75) is 0 Å². The molecule has 1 aromatic rings. The molecule has 0 spiro atoms. The van der Waals surface area contributed by atoms with Crippen molar-refractivity contribution in [3.05, 3.63) is 6.20 Å². The van der Waals surface area contributed by atoms with Gasteiger partial charge in [-0.15, -0.1) is 5.10 Å². The zero-order valence-electron chi connectivity index (χ0n) is 4.57. The molecule has 0 aliphatic carbocycles. The minimum Gasteiger partial charge on any atom is -0.370 e. The van der Waals surface area contributed by atoms with Crippen LogP contribution in [0.3, 0.4) is 0 Å². The molecule has 0 unspecified atom stereocenters. The average molecular weight is 126 g/mol. The van der Waals surface area contributed by atoms with Gasteiger partial charge in [-0.3, -0.25) is 0 Å². The summed E-state index contributed by atoms with van der Waals surface area (Å²) < 4.78 is 0. The number of aliphatic imine (C=N–C) groups is 1. The van der Waals surface area contributed by atoms with Gasteiger partial charge in [0.05, 0.1) is 6.20 Å². The molecule has 5 N–H and O–H groups in total. The largest absolute Gasteiger partial charge is 0.370 e. The van der Waals surface area contributed by atoms with E-state index in [-0.39, 0.29) is 5.96 Å². The van der Waals surface area contributed by atoms with Crippen LogP contribution in [0.1, 0.15) is 0 Å². The number of aromatic amines is 1. The van der Waals surface area contributed by atoms with Gasteiger partial charge in [-0.2, -0.15) is 15.3 Å². The van der Waals surface area contributed by atoms with E-state index in [1.807, 2.05) is 0 Å². The topological polar surface area (TPSA) is 106 Å². The fourth-order valence-electron chi connectivity index (χ4n) is 0.382. The van der Waals surface area contributed by atoms with Gasteiger partial charge in [-0.25, -0.2) is 0 Å². The van der Waals surface area contributed by atoms with E-state index in [4.69, 9.17) is 11.5 Å². The van der Waals surface area contributed by atoms with Crippen LogP contribution in [0, 0.1) is 0 Å². The van der Waals surface area contributed by atoms with E-state index in [9.17, 15) is 0 Å². The van der Waals surface area contributed by atoms with Crippen molar-refractivity contribution in [1.82, 2.24) is 15.4 Å². The van der Waals surface area contributed by atoms with Gasteiger partial charge in [-0.05, 0) is 0 Å². The second kappa shape index (κ2) is 2.12. The number of nitrogens with one attached hydrogen (secondary N) is 1. The molecule has 0 aliphatic rings. The Kier molecular flexibility index (Phi) is 1.31. The molecule has 0 radical (unpaired) electrons. The third-order valence-electron chi connectivity index (χ3n) is 0.646. The predicted molar refractivity (Wildman–Crippen MR) is 31.9 cm³/mol. The second-order valence-electron chi connectivity index (χ2n) is 1.36. The Labute approximate surface area is 51.0 Å². The van der Waals surface area contributed by atoms with Crippen molar-refractivity contribution < 1.29 is 0 Å². The van der Waals surface area contributed by atoms with Crippen LogP contribution in [0.25, 0.3) is 0 Å². The van der Waals surface area contributed by atoms with Gasteiger partial charge in [0.1, 0.15) is 0 Å². The summed E-state index contributed by atoms with van der Waals surface area (Å²) in [7, 11) is 0. The molecule has 0 aromatic carbocycles. The third-order valence-corrected chi connectivity index (χ3v) is 0.646. The summed E-state index contributed by atoms with van der Waals surface area (Å²) in [5, 5.41) is 9.41. The number of hydrogen-bond donors (Lipinski definition) is 3. The monoisotopic (exact) mass is 126 g/mol. The smallest absolute Gasteiger partial charge is 0.197 e. The summed E-state index contributed by atoms with van der Waals surface area (Å²) in [6, 6.07) is 0. The summed E-state index contributed by atoms with van der Waals surface area (Å²) in [6.07, 6.45) is 1.42. The summed E-state index contributed by atoms with van der Waals surface area (Å²) in [5.74, 6) is 0.360. The van der Waals surface area contributed by atoms with Gasteiger partial charge in [0.2, 0.25) is 0 Å². The summed E-state index contributed by atoms with van der Waals surface area (Å²) in [4.78, 5) is 3.59. The van der Waals surface area contributed by atoms with Crippen LogP contribution in [0.15, 0.2) is 11.2 Å². The van der Waals surface area contributed by atoms with Gasteiger partial charge < -0.3 is 11.5 Å². The molecule has 0 fully saturated rings. The fourth-order valence-corrected chi connectivity index (χ4v) is 0.382. The van der Waals surface area contributed by atoms with Crippen molar-refractivity contribution in [2.24, 2.45) is 16.5 Å². The fraction of sp³-hybridized carbons (Fsp3) is 0. The van der Waals surface area contributed by atoms with Crippen molar-refractivity contribution >= 4 is 11.8 Å². The number of hydrogen-bond acceptors (Lipinski definition) is 3. The molecule has 6 nitrogen and oxygen atoms in total. The molecule has 0 atom stereocenters. The first-order chi connectivity index (χ1) is 4.29. The second-order valence-corrected chi connectivity index (χ2v) is 1.36. The quantitative estimate of drug-likeness (QED) is 0.321. The molecule has 0 saturated carbocycles. The molecular formula is C3H6N6. The molecule has 0 bridgehead atoms. The number of H-pyrrole nitrogens is 1. The van der Waals surface area contributed by atoms with Crippen LogP contribution in [0.2, 0.25) is 0 Å². The molecular weight excluding hydrogens is 120 g/mol. The van der Waals surface area contributed by atoms with Crippen LogP contribution in [0.4, 0.5) is 5.82 Å². The van der Waals surface area contributed by atoms with E-state index < -0.39 is 0 Å². The van der Waals surface area contributed by atoms with Gasteiger partial charge in [-0.1, -0.05) is 0 Å². The number of rotatable bonds is 1. The van der Waals surface area contributed by atoms with Gasteiger partial charge in [0.15, 0.2) is 11.8 Å². The predicted octanol–water partition coefficient (Wildman–Crippen LogP) is -1.29. The van der Waals surface area contributed by atoms with E-state index in [0.717, 1.165) is 0 Å². The van der Waals surface area contributed by atoms with E-state index in [1.54, 1.807) is 0 Å². The maximum absolute atomic E-state index is 5.03. The molecule has 0 saturated heterocycles. The third kappa shape index (κ3) is 1.41. The Balaban J connectivity index is 2.80. The van der Waals surface area contributed by atoms with Crippen LogP contribution < -0.4 is 11.5 Å². The Morgan fingerprint density at radius 1 is 1.67 bits per heavy atom. The normalized spacial score (nSPS) is 8.89. The highest BCUT2D eigenvalue weighted by Gasteiger charge is 1.88. The Hall–Kier alpha value is -1.59. The molecule has 1 rings (SSSR count). The summed E-state index contributed by atoms with van der Waals surface area (Å²) in [6.45, 7) is 0. The van der Waals surface area contributed by atoms with Crippen LogP contribution in [0.5, 0.6) is 0 Å². The number of aromatic nitrogens is 3. The van der Waals surface area contributed by atoms with Crippen molar-refractivity contribution in [3.8, 4) is 0 Å².